The van der Waals surface area contributed by atoms with Gasteiger partial charge in [-0.15, -0.1) is 0 Å². The van der Waals surface area contributed by atoms with Gasteiger partial charge in [-0.1, -0.05) is 26.2 Å². The predicted molar refractivity (Wildman–Crippen MR) is 76.1 cm³/mol. The zero-order chi connectivity index (χ0) is 15.0. The first kappa shape index (κ1) is 16.1. The fourth-order valence-corrected chi connectivity index (χ4v) is 1.85. The van der Waals surface area contributed by atoms with E-state index in [0.29, 0.717) is 23.9 Å². The Kier molecular flexibility index (Phi) is 6.70. The molecule has 5 nitrogen and oxygen atoms in total. The Morgan fingerprint density at radius 2 is 1.70 bits per heavy atom. The zero-order valence-corrected chi connectivity index (χ0v) is 12.3. The lowest BCUT2D eigenvalue weighted by Crippen LogP contribution is -2.04. The lowest BCUT2D eigenvalue weighted by molar-refractivity contribution is 0.0696. The van der Waals surface area contributed by atoms with E-state index in [2.05, 4.69) is 6.92 Å². The molecule has 1 aromatic carbocycles. The van der Waals surface area contributed by atoms with Crippen molar-refractivity contribution in [3.63, 3.8) is 0 Å². The Bertz CT molecular complexity index is 417. The van der Waals surface area contributed by atoms with Crippen LogP contribution in [0.15, 0.2) is 12.1 Å². The molecule has 0 aliphatic heterocycles. The highest BCUT2D eigenvalue weighted by Gasteiger charge is 2.17. The smallest absolute Gasteiger partial charge is 0.335 e. The van der Waals surface area contributed by atoms with Crippen LogP contribution in [0.2, 0.25) is 0 Å². The second-order valence-corrected chi connectivity index (χ2v) is 4.42. The van der Waals surface area contributed by atoms with Gasteiger partial charge in [-0.05, 0) is 18.6 Å². The first-order chi connectivity index (χ1) is 9.63. The third-order valence-electron chi connectivity index (χ3n) is 2.95. The van der Waals surface area contributed by atoms with Crippen LogP contribution in [0.25, 0.3) is 0 Å². The Morgan fingerprint density at radius 3 is 2.15 bits per heavy atom. The van der Waals surface area contributed by atoms with Gasteiger partial charge in [-0.25, -0.2) is 4.79 Å². The number of methoxy groups -OCH3 is 2. The van der Waals surface area contributed by atoms with Gasteiger partial charge in [-0.3, -0.25) is 0 Å². The molecule has 0 atom stereocenters. The molecule has 112 valence electrons. The average molecular weight is 282 g/mol. The van der Waals surface area contributed by atoms with Gasteiger partial charge in [0.2, 0.25) is 5.75 Å². The van der Waals surface area contributed by atoms with Crippen LogP contribution in [-0.4, -0.2) is 31.9 Å². The summed E-state index contributed by atoms with van der Waals surface area (Å²) in [6.07, 6.45) is 4.39. The van der Waals surface area contributed by atoms with E-state index in [1.807, 2.05) is 0 Å². The second kappa shape index (κ2) is 8.30. The van der Waals surface area contributed by atoms with E-state index >= 15 is 0 Å². The monoisotopic (exact) mass is 282 g/mol. The lowest BCUT2D eigenvalue weighted by Gasteiger charge is -2.15. The van der Waals surface area contributed by atoms with Crippen molar-refractivity contribution >= 4 is 5.97 Å². The number of hydrogen-bond donors (Lipinski definition) is 1. The second-order valence-electron chi connectivity index (χ2n) is 4.42. The molecule has 1 rings (SSSR count). The van der Waals surface area contributed by atoms with Crippen LogP contribution in [0.5, 0.6) is 17.2 Å². The molecule has 20 heavy (non-hydrogen) atoms. The van der Waals surface area contributed by atoms with E-state index in [9.17, 15) is 4.79 Å². The quantitative estimate of drug-likeness (QED) is 0.703. The number of unbranched alkanes of at least 4 members (excludes halogenated alkanes) is 3. The molecule has 1 N–H and O–H groups in total. The van der Waals surface area contributed by atoms with E-state index in [1.54, 1.807) is 0 Å². The standard InChI is InChI=1S/C15H22O5/c1-4-5-6-7-8-20-14-12(18-2)9-11(15(16)17)10-13(14)19-3/h9-10H,4-8H2,1-3H3,(H,16,17). The van der Waals surface area contributed by atoms with E-state index in [4.69, 9.17) is 19.3 Å². The molecule has 0 spiro atoms. The number of hydrogen-bond acceptors (Lipinski definition) is 4. The molecule has 0 saturated carbocycles. The third-order valence-corrected chi connectivity index (χ3v) is 2.95. The topological polar surface area (TPSA) is 65.0 Å². The van der Waals surface area contributed by atoms with Gasteiger partial charge in [0.25, 0.3) is 0 Å². The zero-order valence-electron chi connectivity index (χ0n) is 12.3. The van der Waals surface area contributed by atoms with Crippen molar-refractivity contribution in [2.45, 2.75) is 32.6 Å². The maximum atomic E-state index is 11.0. The minimum atomic E-state index is -1.03. The first-order valence-electron chi connectivity index (χ1n) is 6.76. The van der Waals surface area contributed by atoms with Crippen molar-refractivity contribution in [1.82, 2.24) is 0 Å². The molecular weight excluding hydrogens is 260 g/mol. The van der Waals surface area contributed by atoms with Crippen LogP contribution in [-0.2, 0) is 0 Å². The maximum absolute atomic E-state index is 11.0. The minimum Gasteiger partial charge on any atom is -0.493 e. The van der Waals surface area contributed by atoms with Crippen LogP contribution >= 0.6 is 0 Å². The van der Waals surface area contributed by atoms with E-state index < -0.39 is 5.97 Å². The van der Waals surface area contributed by atoms with Crippen LogP contribution < -0.4 is 14.2 Å². The average Bonchev–Trinajstić information content (AvgIpc) is 2.46. The van der Waals surface area contributed by atoms with Crippen LogP contribution in [0.4, 0.5) is 0 Å². The Balaban J connectivity index is 2.84. The molecule has 0 aromatic heterocycles. The molecule has 0 aliphatic carbocycles. The molecule has 0 fully saturated rings. The number of benzene rings is 1. The van der Waals surface area contributed by atoms with Crippen molar-refractivity contribution in [2.75, 3.05) is 20.8 Å². The predicted octanol–water partition coefficient (Wildman–Crippen LogP) is 3.36. The molecule has 0 unspecified atom stereocenters. The van der Waals surface area contributed by atoms with Crippen LogP contribution in [0.1, 0.15) is 43.0 Å². The van der Waals surface area contributed by atoms with Gasteiger partial charge in [-0.2, -0.15) is 0 Å². The SMILES string of the molecule is CCCCCCOc1c(OC)cc(C(=O)O)cc1OC. The first-order valence-corrected chi connectivity index (χ1v) is 6.76. The van der Waals surface area contributed by atoms with Gasteiger partial charge in [0.1, 0.15) is 0 Å². The molecule has 1 aromatic rings. The molecular formula is C15H22O5. The van der Waals surface area contributed by atoms with E-state index in [0.717, 1.165) is 12.8 Å². The Morgan fingerprint density at radius 1 is 1.10 bits per heavy atom. The summed E-state index contributed by atoms with van der Waals surface area (Å²) in [4.78, 5) is 11.0. The highest BCUT2D eigenvalue weighted by Crippen LogP contribution is 2.38. The molecule has 0 bridgehead atoms. The number of carbonyl (C=O) groups is 1. The van der Waals surface area contributed by atoms with Crippen molar-refractivity contribution < 1.29 is 24.1 Å². The highest BCUT2D eigenvalue weighted by atomic mass is 16.5. The third kappa shape index (κ3) is 4.33. The number of carboxylic acid groups (broad SMARTS) is 1. The van der Waals surface area contributed by atoms with Crippen LogP contribution in [0.3, 0.4) is 0 Å². The van der Waals surface area contributed by atoms with E-state index in [1.165, 1.54) is 39.2 Å². The maximum Gasteiger partial charge on any atom is 0.335 e. The summed E-state index contributed by atoms with van der Waals surface area (Å²) in [5.74, 6) is 0.169. The molecule has 0 heterocycles. The van der Waals surface area contributed by atoms with Gasteiger partial charge in [0.15, 0.2) is 11.5 Å². The summed E-state index contributed by atoms with van der Waals surface area (Å²) in [6.45, 7) is 2.71. The van der Waals surface area contributed by atoms with Crippen molar-refractivity contribution in [3.8, 4) is 17.2 Å². The molecule has 5 heteroatoms. The van der Waals surface area contributed by atoms with E-state index in [-0.39, 0.29) is 5.56 Å². The van der Waals surface area contributed by atoms with Crippen LogP contribution in [0, 0.1) is 0 Å². The fraction of sp³-hybridized carbons (Fsp3) is 0.533. The molecule has 0 amide bonds. The number of aromatic carboxylic acids is 1. The summed E-state index contributed by atoms with van der Waals surface area (Å²) >= 11 is 0. The summed E-state index contributed by atoms with van der Waals surface area (Å²) in [6, 6.07) is 2.87. The largest absolute Gasteiger partial charge is 0.493 e. The molecule has 0 radical (unpaired) electrons. The van der Waals surface area contributed by atoms with Crippen molar-refractivity contribution in [2.24, 2.45) is 0 Å². The number of rotatable bonds is 9. The van der Waals surface area contributed by atoms with Gasteiger partial charge in [0.05, 0.1) is 26.4 Å². The van der Waals surface area contributed by atoms with Crippen molar-refractivity contribution in [3.05, 3.63) is 17.7 Å². The minimum absolute atomic E-state index is 0.108. The summed E-state index contributed by atoms with van der Waals surface area (Å²) in [5, 5.41) is 9.04. The van der Waals surface area contributed by atoms with Gasteiger partial charge in [0, 0.05) is 0 Å². The summed E-state index contributed by atoms with van der Waals surface area (Å²) in [7, 11) is 2.95. The highest BCUT2D eigenvalue weighted by molar-refractivity contribution is 5.89. The molecule has 0 aliphatic rings. The number of carboxylic acids is 1. The molecule has 0 saturated heterocycles. The Labute approximate surface area is 119 Å². The summed E-state index contributed by atoms with van der Waals surface area (Å²) < 4.78 is 16.1. The fourth-order valence-electron chi connectivity index (χ4n) is 1.85. The number of ether oxygens (including phenoxy) is 3. The van der Waals surface area contributed by atoms with Gasteiger partial charge < -0.3 is 19.3 Å². The van der Waals surface area contributed by atoms with Gasteiger partial charge >= 0.3 is 5.97 Å². The lowest BCUT2D eigenvalue weighted by atomic mass is 10.2. The Hall–Kier alpha value is -1.91. The van der Waals surface area contributed by atoms with Crippen molar-refractivity contribution in [1.29, 1.82) is 0 Å². The normalized spacial score (nSPS) is 10.2. The summed E-state index contributed by atoms with van der Waals surface area (Å²) in [5.41, 5.74) is 0.108.